The zero-order chi connectivity index (χ0) is 16.4. The average Bonchev–Trinajstić information content (AvgIpc) is 3.17. The van der Waals surface area contributed by atoms with Crippen LogP contribution in [0.2, 0.25) is 5.02 Å². The molecule has 0 aliphatic rings. The SMILES string of the molecule is O=C(Nc1scc(-c2ccc(Cl)cc2)c1C(=O)O)c1ccco1. The Morgan fingerprint density at radius 1 is 1.17 bits per heavy atom. The molecule has 0 radical (unpaired) electrons. The number of amides is 1. The zero-order valence-corrected chi connectivity index (χ0v) is 13.1. The highest BCUT2D eigenvalue weighted by atomic mass is 35.5. The zero-order valence-electron chi connectivity index (χ0n) is 11.6. The van der Waals surface area contributed by atoms with Crippen molar-refractivity contribution in [2.45, 2.75) is 0 Å². The number of carboxylic acid groups (broad SMARTS) is 1. The van der Waals surface area contributed by atoms with Gasteiger partial charge in [0, 0.05) is 16.0 Å². The predicted octanol–water partition coefficient (Wildman–Crippen LogP) is 4.61. The van der Waals surface area contributed by atoms with Crippen LogP contribution in [0, 0.1) is 0 Å². The Kier molecular flexibility index (Phi) is 4.18. The van der Waals surface area contributed by atoms with Gasteiger partial charge in [0.05, 0.1) is 6.26 Å². The van der Waals surface area contributed by atoms with Crippen molar-refractivity contribution in [3.8, 4) is 11.1 Å². The van der Waals surface area contributed by atoms with Crippen LogP contribution in [0.4, 0.5) is 5.00 Å². The summed E-state index contributed by atoms with van der Waals surface area (Å²) in [5.41, 5.74) is 1.27. The van der Waals surface area contributed by atoms with Crippen molar-refractivity contribution in [2.24, 2.45) is 0 Å². The molecule has 1 aromatic carbocycles. The lowest BCUT2D eigenvalue weighted by Gasteiger charge is -2.05. The fraction of sp³-hybridized carbons (Fsp3) is 0. The molecule has 2 heterocycles. The van der Waals surface area contributed by atoms with Crippen LogP contribution in [-0.4, -0.2) is 17.0 Å². The van der Waals surface area contributed by atoms with Crippen molar-refractivity contribution in [3.05, 3.63) is 64.4 Å². The summed E-state index contributed by atoms with van der Waals surface area (Å²) in [4.78, 5) is 23.6. The van der Waals surface area contributed by atoms with Crippen LogP contribution in [0.25, 0.3) is 11.1 Å². The van der Waals surface area contributed by atoms with E-state index < -0.39 is 11.9 Å². The van der Waals surface area contributed by atoms with Gasteiger partial charge < -0.3 is 14.8 Å². The molecule has 0 fully saturated rings. The molecule has 116 valence electrons. The van der Waals surface area contributed by atoms with Crippen molar-refractivity contribution in [3.63, 3.8) is 0 Å². The summed E-state index contributed by atoms with van der Waals surface area (Å²) in [5, 5.41) is 14.6. The molecule has 1 amide bonds. The van der Waals surface area contributed by atoms with Gasteiger partial charge in [0.15, 0.2) is 5.76 Å². The molecule has 2 N–H and O–H groups in total. The quantitative estimate of drug-likeness (QED) is 0.722. The molecule has 0 unspecified atom stereocenters. The first kappa shape index (κ1) is 15.3. The van der Waals surface area contributed by atoms with E-state index in [4.69, 9.17) is 16.0 Å². The summed E-state index contributed by atoms with van der Waals surface area (Å²) in [6.07, 6.45) is 1.38. The van der Waals surface area contributed by atoms with E-state index in [-0.39, 0.29) is 16.3 Å². The molecule has 0 atom stereocenters. The van der Waals surface area contributed by atoms with Crippen LogP contribution in [0.1, 0.15) is 20.9 Å². The second kappa shape index (κ2) is 6.28. The number of carbonyl (C=O) groups is 2. The molecule has 0 saturated heterocycles. The fourth-order valence-electron chi connectivity index (χ4n) is 2.08. The van der Waals surface area contributed by atoms with Crippen molar-refractivity contribution in [1.82, 2.24) is 0 Å². The lowest BCUT2D eigenvalue weighted by atomic mass is 10.0. The van der Waals surface area contributed by atoms with Gasteiger partial charge in [-0.3, -0.25) is 4.79 Å². The summed E-state index contributed by atoms with van der Waals surface area (Å²) in [5.74, 6) is -1.50. The maximum absolute atomic E-state index is 12.0. The van der Waals surface area contributed by atoms with E-state index in [1.807, 2.05) is 0 Å². The lowest BCUT2D eigenvalue weighted by Crippen LogP contribution is -2.12. The highest BCUT2D eigenvalue weighted by molar-refractivity contribution is 7.15. The number of hydrogen-bond donors (Lipinski definition) is 2. The van der Waals surface area contributed by atoms with Gasteiger partial charge in [-0.25, -0.2) is 4.79 Å². The third-order valence-electron chi connectivity index (χ3n) is 3.13. The Morgan fingerprint density at radius 2 is 1.91 bits per heavy atom. The highest BCUT2D eigenvalue weighted by Gasteiger charge is 2.22. The van der Waals surface area contributed by atoms with E-state index >= 15 is 0 Å². The van der Waals surface area contributed by atoms with Crippen LogP contribution in [0.5, 0.6) is 0 Å². The normalized spacial score (nSPS) is 10.5. The first-order chi connectivity index (χ1) is 11.1. The molecule has 0 bridgehead atoms. The smallest absolute Gasteiger partial charge is 0.339 e. The number of carboxylic acids is 1. The van der Waals surface area contributed by atoms with Gasteiger partial charge >= 0.3 is 5.97 Å². The third-order valence-corrected chi connectivity index (χ3v) is 4.28. The first-order valence-corrected chi connectivity index (χ1v) is 7.77. The van der Waals surface area contributed by atoms with Gasteiger partial charge in [-0.2, -0.15) is 0 Å². The second-order valence-corrected chi connectivity index (χ2v) is 5.91. The highest BCUT2D eigenvalue weighted by Crippen LogP contribution is 2.36. The number of anilines is 1. The minimum Gasteiger partial charge on any atom is -0.478 e. The fourth-order valence-corrected chi connectivity index (χ4v) is 3.16. The Balaban J connectivity index is 1.97. The van der Waals surface area contributed by atoms with Crippen LogP contribution < -0.4 is 5.32 Å². The minimum absolute atomic E-state index is 0.0391. The maximum Gasteiger partial charge on any atom is 0.339 e. The van der Waals surface area contributed by atoms with E-state index in [0.717, 1.165) is 11.3 Å². The van der Waals surface area contributed by atoms with Crippen LogP contribution in [0.15, 0.2) is 52.5 Å². The number of hydrogen-bond acceptors (Lipinski definition) is 4. The van der Waals surface area contributed by atoms with Crippen molar-refractivity contribution in [1.29, 1.82) is 0 Å². The number of benzene rings is 1. The number of carbonyl (C=O) groups excluding carboxylic acids is 1. The molecule has 0 aliphatic carbocycles. The van der Waals surface area contributed by atoms with Crippen molar-refractivity contribution in [2.75, 3.05) is 5.32 Å². The topological polar surface area (TPSA) is 79.5 Å². The standard InChI is InChI=1S/C16H10ClNO4S/c17-10-5-3-9(4-6-10)11-8-23-15(13(11)16(20)21)18-14(19)12-2-1-7-22-12/h1-8H,(H,18,19)(H,20,21). The molecule has 0 spiro atoms. The van der Waals surface area contributed by atoms with Gasteiger partial charge in [0.1, 0.15) is 10.6 Å². The maximum atomic E-state index is 12.0. The summed E-state index contributed by atoms with van der Waals surface area (Å²) in [7, 11) is 0. The number of thiophene rings is 1. The van der Waals surface area contributed by atoms with E-state index in [1.54, 1.807) is 35.7 Å². The van der Waals surface area contributed by atoms with E-state index in [0.29, 0.717) is 16.1 Å². The summed E-state index contributed by atoms with van der Waals surface area (Å²) >= 11 is 6.99. The molecule has 23 heavy (non-hydrogen) atoms. The van der Waals surface area contributed by atoms with E-state index in [9.17, 15) is 14.7 Å². The largest absolute Gasteiger partial charge is 0.478 e. The monoisotopic (exact) mass is 347 g/mol. The molecule has 0 saturated carbocycles. The molecule has 3 rings (SSSR count). The first-order valence-electron chi connectivity index (χ1n) is 6.52. The van der Waals surface area contributed by atoms with Gasteiger partial charge in [0.25, 0.3) is 5.91 Å². The van der Waals surface area contributed by atoms with Crippen molar-refractivity contribution < 1.29 is 19.1 Å². The molecular formula is C16H10ClNO4S. The second-order valence-electron chi connectivity index (χ2n) is 4.60. The number of nitrogens with one attached hydrogen (secondary N) is 1. The van der Waals surface area contributed by atoms with Crippen LogP contribution >= 0.6 is 22.9 Å². The van der Waals surface area contributed by atoms with Crippen molar-refractivity contribution >= 4 is 39.8 Å². The van der Waals surface area contributed by atoms with E-state index in [1.165, 1.54) is 12.3 Å². The summed E-state index contributed by atoms with van der Waals surface area (Å²) in [6, 6.07) is 9.91. The number of aromatic carboxylic acids is 1. The average molecular weight is 348 g/mol. The van der Waals surface area contributed by atoms with Gasteiger partial charge in [0.2, 0.25) is 0 Å². The van der Waals surface area contributed by atoms with E-state index in [2.05, 4.69) is 5.32 Å². The summed E-state index contributed by atoms with van der Waals surface area (Å²) < 4.78 is 5.00. The Bertz CT molecular complexity index is 853. The van der Waals surface area contributed by atoms with Crippen LogP contribution in [-0.2, 0) is 0 Å². The molecule has 2 aromatic heterocycles. The Hall–Kier alpha value is -2.57. The van der Waals surface area contributed by atoms with Crippen LogP contribution in [0.3, 0.4) is 0 Å². The van der Waals surface area contributed by atoms with Gasteiger partial charge in [-0.05, 0) is 29.8 Å². The molecule has 3 aromatic rings. The Labute approximate surface area is 140 Å². The van der Waals surface area contributed by atoms with Gasteiger partial charge in [-0.1, -0.05) is 23.7 Å². The third kappa shape index (κ3) is 3.13. The minimum atomic E-state index is -1.12. The summed E-state index contributed by atoms with van der Waals surface area (Å²) in [6.45, 7) is 0. The van der Waals surface area contributed by atoms with Gasteiger partial charge in [-0.15, -0.1) is 11.3 Å². The Morgan fingerprint density at radius 3 is 2.52 bits per heavy atom. The number of furan rings is 1. The molecule has 7 heteroatoms. The molecule has 5 nitrogen and oxygen atoms in total. The predicted molar refractivity (Wildman–Crippen MR) is 88.4 cm³/mol. The molecular weight excluding hydrogens is 338 g/mol. The number of halogens is 1. The lowest BCUT2D eigenvalue weighted by molar-refractivity contribution is 0.0699. The molecule has 0 aliphatic heterocycles. The number of rotatable bonds is 4.